The smallest absolute Gasteiger partial charge is 0.341 e. The van der Waals surface area contributed by atoms with Crippen LogP contribution in [-0.2, 0) is 9.53 Å². The monoisotopic (exact) mass is 408 g/mol. The third-order valence-electron chi connectivity index (χ3n) is 4.13. The molecule has 2 amide bonds. The zero-order valence-corrected chi connectivity index (χ0v) is 17.5. The number of furan rings is 1. The van der Waals surface area contributed by atoms with Gasteiger partial charge in [0, 0.05) is 14.1 Å². The first-order chi connectivity index (χ1) is 13.3. The van der Waals surface area contributed by atoms with Crippen LogP contribution in [0.2, 0.25) is 0 Å². The molecule has 2 rings (SSSR count). The summed E-state index contributed by atoms with van der Waals surface area (Å²) in [4.78, 5) is 39.0. The van der Waals surface area contributed by atoms with Crippen LogP contribution < -0.4 is 10.6 Å². The van der Waals surface area contributed by atoms with E-state index in [4.69, 9.17) is 9.15 Å². The SMILES string of the molecule is CCOC(=O)c1c(NC(=O)C[NH2+][C@H](C)c2ccco2)sc(C(=O)N(C)C)c1C. The first-order valence-electron chi connectivity index (χ1n) is 8.94. The molecule has 152 valence electrons. The molecule has 0 bridgehead atoms. The maximum Gasteiger partial charge on any atom is 0.341 e. The summed E-state index contributed by atoms with van der Waals surface area (Å²) in [5, 5.41) is 4.90. The lowest BCUT2D eigenvalue weighted by Gasteiger charge is -2.09. The molecule has 0 saturated heterocycles. The lowest BCUT2D eigenvalue weighted by atomic mass is 10.1. The standard InChI is InChI=1S/C19H25N3O5S/c1-6-26-19(25)15-11(2)16(18(24)22(4)5)28-17(15)21-14(23)10-20-12(3)13-8-7-9-27-13/h7-9,12,20H,6,10H2,1-5H3,(H,21,23)/p+1/t12-/m1/s1. The number of hydrogen-bond acceptors (Lipinski definition) is 6. The van der Waals surface area contributed by atoms with Gasteiger partial charge in [-0.2, -0.15) is 0 Å². The molecule has 0 saturated carbocycles. The summed E-state index contributed by atoms with van der Waals surface area (Å²) in [6.07, 6.45) is 1.59. The van der Waals surface area contributed by atoms with Gasteiger partial charge >= 0.3 is 5.97 Å². The third-order valence-corrected chi connectivity index (χ3v) is 5.32. The Morgan fingerprint density at radius 3 is 2.64 bits per heavy atom. The van der Waals surface area contributed by atoms with E-state index in [-0.39, 0.29) is 36.6 Å². The van der Waals surface area contributed by atoms with Gasteiger partial charge in [0.15, 0.2) is 12.3 Å². The van der Waals surface area contributed by atoms with Gasteiger partial charge in [-0.05, 0) is 38.5 Å². The van der Waals surface area contributed by atoms with E-state index in [0.29, 0.717) is 15.4 Å². The van der Waals surface area contributed by atoms with Crippen molar-refractivity contribution < 1.29 is 28.9 Å². The maximum atomic E-state index is 12.4. The van der Waals surface area contributed by atoms with Crippen molar-refractivity contribution in [1.82, 2.24) is 4.90 Å². The van der Waals surface area contributed by atoms with Crippen LogP contribution in [0.1, 0.15) is 51.2 Å². The summed E-state index contributed by atoms with van der Waals surface area (Å²) in [6, 6.07) is 3.62. The first-order valence-corrected chi connectivity index (χ1v) is 9.76. The number of hydrogen-bond donors (Lipinski definition) is 2. The van der Waals surface area contributed by atoms with Gasteiger partial charge in [-0.3, -0.25) is 9.59 Å². The topological polar surface area (TPSA) is 105 Å². The number of rotatable bonds is 8. The number of esters is 1. The molecule has 0 spiro atoms. The van der Waals surface area contributed by atoms with Crippen LogP contribution in [0.25, 0.3) is 0 Å². The number of nitrogens with one attached hydrogen (secondary N) is 1. The van der Waals surface area contributed by atoms with Gasteiger partial charge < -0.3 is 24.7 Å². The molecular formula is C19H26N3O5S+. The Labute approximate surface area is 167 Å². The van der Waals surface area contributed by atoms with Crippen molar-refractivity contribution in [2.45, 2.75) is 26.8 Å². The molecule has 0 radical (unpaired) electrons. The average molecular weight is 409 g/mol. The fourth-order valence-electron chi connectivity index (χ4n) is 2.59. The number of anilines is 1. The average Bonchev–Trinajstić information content (AvgIpc) is 3.27. The third kappa shape index (κ3) is 4.99. The molecule has 0 aliphatic carbocycles. The summed E-state index contributed by atoms with van der Waals surface area (Å²) in [5.74, 6) is -0.302. The van der Waals surface area contributed by atoms with E-state index >= 15 is 0 Å². The Balaban J connectivity index is 2.18. The minimum atomic E-state index is -0.558. The number of carbonyl (C=O) groups excluding carboxylic acids is 3. The predicted molar refractivity (Wildman–Crippen MR) is 106 cm³/mol. The molecule has 9 heteroatoms. The van der Waals surface area contributed by atoms with Crippen LogP contribution in [0.15, 0.2) is 22.8 Å². The fourth-order valence-corrected chi connectivity index (χ4v) is 3.82. The number of ether oxygens (including phenoxy) is 1. The molecule has 2 aromatic rings. The molecule has 0 aliphatic heterocycles. The van der Waals surface area contributed by atoms with Crippen molar-refractivity contribution in [3.63, 3.8) is 0 Å². The Bertz CT molecular complexity index is 842. The van der Waals surface area contributed by atoms with Gasteiger partial charge in [0.25, 0.3) is 11.8 Å². The Kier molecular flexibility index (Phi) is 7.36. The van der Waals surface area contributed by atoms with Gasteiger partial charge in [0.2, 0.25) is 0 Å². The van der Waals surface area contributed by atoms with E-state index in [1.165, 1.54) is 4.90 Å². The molecule has 0 aliphatic rings. The van der Waals surface area contributed by atoms with Crippen LogP contribution in [0.4, 0.5) is 5.00 Å². The second-order valence-electron chi connectivity index (χ2n) is 6.47. The lowest BCUT2D eigenvalue weighted by Crippen LogP contribution is -2.86. The molecule has 3 N–H and O–H groups in total. The van der Waals surface area contributed by atoms with Crippen molar-refractivity contribution in [3.8, 4) is 0 Å². The molecule has 2 aromatic heterocycles. The largest absolute Gasteiger partial charge is 0.463 e. The zero-order chi connectivity index (χ0) is 20.8. The number of thiophene rings is 1. The molecule has 28 heavy (non-hydrogen) atoms. The zero-order valence-electron chi connectivity index (χ0n) is 16.7. The summed E-state index contributed by atoms with van der Waals surface area (Å²) < 4.78 is 10.4. The summed E-state index contributed by atoms with van der Waals surface area (Å²) in [5.41, 5.74) is 0.731. The second-order valence-corrected chi connectivity index (χ2v) is 7.49. The quantitative estimate of drug-likeness (QED) is 0.648. The van der Waals surface area contributed by atoms with Gasteiger partial charge in [-0.15, -0.1) is 11.3 Å². The highest BCUT2D eigenvalue weighted by Gasteiger charge is 2.27. The Morgan fingerprint density at radius 2 is 2.07 bits per heavy atom. The molecule has 2 heterocycles. The van der Waals surface area contributed by atoms with Gasteiger partial charge in [0.05, 0.1) is 23.3 Å². The van der Waals surface area contributed by atoms with Crippen molar-refractivity contribution >= 4 is 34.1 Å². The molecule has 0 fully saturated rings. The molecule has 0 aromatic carbocycles. The number of carbonyl (C=O) groups is 3. The van der Waals surface area contributed by atoms with Crippen LogP contribution >= 0.6 is 11.3 Å². The first kappa shape index (κ1) is 21.6. The highest BCUT2D eigenvalue weighted by molar-refractivity contribution is 7.18. The normalized spacial score (nSPS) is 11.8. The number of nitrogens with two attached hydrogens (primary N) is 1. The van der Waals surface area contributed by atoms with Crippen molar-refractivity contribution in [2.75, 3.05) is 32.6 Å². The number of amides is 2. The van der Waals surface area contributed by atoms with E-state index in [0.717, 1.165) is 17.1 Å². The summed E-state index contributed by atoms with van der Waals surface area (Å²) >= 11 is 1.08. The Hall–Kier alpha value is -2.65. The second kappa shape index (κ2) is 9.52. The minimum Gasteiger partial charge on any atom is -0.463 e. The summed E-state index contributed by atoms with van der Waals surface area (Å²) in [6.45, 7) is 5.65. The van der Waals surface area contributed by atoms with Crippen molar-refractivity contribution in [2.24, 2.45) is 0 Å². The predicted octanol–water partition coefficient (Wildman–Crippen LogP) is 1.79. The van der Waals surface area contributed by atoms with Crippen LogP contribution in [0, 0.1) is 6.92 Å². The van der Waals surface area contributed by atoms with Gasteiger partial charge in [-0.25, -0.2) is 4.79 Å². The van der Waals surface area contributed by atoms with Crippen LogP contribution in [0.3, 0.4) is 0 Å². The van der Waals surface area contributed by atoms with E-state index < -0.39 is 5.97 Å². The van der Waals surface area contributed by atoms with Crippen LogP contribution in [0.5, 0.6) is 0 Å². The summed E-state index contributed by atoms with van der Waals surface area (Å²) in [7, 11) is 3.27. The highest BCUT2D eigenvalue weighted by Crippen LogP contribution is 2.34. The fraction of sp³-hybridized carbons (Fsp3) is 0.421. The van der Waals surface area contributed by atoms with Crippen molar-refractivity contribution in [1.29, 1.82) is 0 Å². The highest BCUT2D eigenvalue weighted by atomic mass is 32.1. The maximum absolute atomic E-state index is 12.4. The van der Waals surface area contributed by atoms with E-state index in [1.54, 1.807) is 40.3 Å². The van der Waals surface area contributed by atoms with Gasteiger partial charge in [0.1, 0.15) is 11.0 Å². The molecule has 0 unspecified atom stereocenters. The van der Waals surface area contributed by atoms with Crippen molar-refractivity contribution in [3.05, 3.63) is 40.2 Å². The minimum absolute atomic E-state index is 0.0266. The van der Waals surface area contributed by atoms with E-state index in [2.05, 4.69) is 5.32 Å². The number of quaternary nitrogens is 1. The molecular weight excluding hydrogens is 382 g/mol. The van der Waals surface area contributed by atoms with Crippen LogP contribution in [-0.4, -0.2) is 49.9 Å². The van der Waals surface area contributed by atoms with E-state index in [9.17, 15) is 14.4 Å². The lowest BCUT2D eigenvalue weighted by molar-refractivity contribution is -0.684. The Morgan fingerprint density at radius 1 is 1.36 bits per heavy atom. The molecule has 8 nitrogen and oxygen atoms in total. The molecule has 1 atom stereocenters. The van der Waals surface area contributed by atoms with E-state index in [1.807, 2.05) is 18.3 Å². The number of nitrogens with zero attached hydrogens (tertiary/aromatic N) is 1. The van der Waals surface area contributed by atoms with Gasteiger partial charge in [-0.1, -0.05) is 0 Å².